The molecule has 10 atom stereocenters. The van der Waals surface area contributed by atoms with E-state index in [0.29, 0.717) is 5.08 Å². The van der Waals surface area contributed by atoms with Crippen LogP contribution in [0.1, 0.15) is 13.8 Å². The molecule has 2 fully saturated rings. The van der Waals surface area contributed by atoms with Crippen LogP contribution in [-0.2, 0) is 28.7 Å². The Kier molecular flexibility index (Phi) is 15.0. The Balaban J connectivity index is 1.56. The molecule has 0 aromatic carbocycles. The lowest BCUT2D eigenvalue weighted by Crippen LogP contribution is -2.61. The first-order valence-corrected chi connectivity index (χ1v) is 15.2. The first-order valence-electron chi connectivity index (χ1n) is 12.9. The van der Waals surface area contributed by atoms with Gasteiger partial charge in [0.2, 0.25) is 23.6 Å². The van der Waals surface area contributed by atoms with E-state index in [1.54, 1.807) is 13.8 Å². The fraction of sp³-hybridized carbons (Fsp3) is 0.826. The summed E-state index contributed by atoms with van der Waals surface area (Å²) in [6.07, 6.45) is -9.25. The predicted octanol–water partition coefficient (Wildman–Crippen LogP) is -4.97. The Morgan fingerprint density at radius 3 is 1.34 bits per heavy atom. The Bertz CT molecular complexity index is 818. The van der Waals surface area contributed by atoms with E-state index in [9.17, 15) is 49.8 Å². The summed E-state index contributed by atoms with van der Waals surface area (Å²) < 4.78 is 10.8. The van der Waals surface area contributed by atoms with Crippen LogP contribution in [0.2, 0.25) is 0 Å². The zero-order chi connectivity index (χ0) is 30.7. The minimum atomic E-state index is -1.40. The van der Waals surface area contributed by atoms with E-state index in [1.807, 2.05) is 0 Å². The molecular weight excluding hydrogens is 588 g/mol. The lowest BCUT2D eigenvalue weighted by atomic mass is 9.90. The van der Waals surface area contributed by atoms with Crippen molar-refractivity contribution in [2.75, 3.05) is 42.9 Å². The Morgan fingerprint density at radius 1 is 0.634 bits per heavy atom. The average Bonchev–Trinajstić information content (AvgIpc) is 2.95. The number of hydrogen-bond acceptors (Lipinski definition) is 14. The van der Waals surface area contributed by atoms with Crippen molar-refractivity contribution >= 4 is 47.2 Å². The molecule has 2 aliphatic heterocycles. The number of amides is 4. The van der Waals surface area contributed by atoms with Crippen LogP contribution in [0.3, 0.4) is 0 Å². The van der Waals surface area contributed by atoms with Crippen molar-refractivity contribution in [1.82, 2.24) is 21.3 Å². The van der Waals surface area contributed by atoms with Crippen LogP contribution in [0.15, 0.2) is 0 Å². The maximum absolute atomic E-state index is 12.1. The third-order valence-electron chi connectivity index (χ3n) is 6.70. The van der Waals surface area contributed by atoms with Gasteiger partial charge in [0.25, 0.3) is 0 Å². The standard InChI is InChI=1S/C23H40N4O12S2/c1-10-12(5-28)38-22(20(36)18(10)34)26-14(30)3-24-16(32)7-40-9-41-8-17(33)25-4-15(31)27-23-21(37)19(35)11(2)13(6-29)39-23/h10-13,18-23,28-29,34-37H,3-9H2,1-2H3,(H,24,32)(H,25,33)(H,26,30)(H,27,31)/t10-,11-,12?,13?,18-,19-,20?,21?,22+,23+/m0/s1. The molecule has 0 aromatic rings. The van der Waals surface area contributed by atoms with Crippen LogP contribution in [0, 0.1) is 11.8 Å². The quantitative estimate of drug-likeness (QED) is 0.0639. The van der Waals surface area contributed by atoms with E-state index in [-0.39, 0.29) is 11.5 Å². The van der Waals surface area contributed by atoms with Crippen molar-refractivity contribution in [3.8, 4) is 0 Å². The molecule has 2 saturated heterocycles. The van der Waals surface area contributed by atoms with Gasteiger partial charge in [-0.1, -0.05) is 13.8 Å². The van der Waals surface area contributed by atoms with Gasteiger partial charge < -0.3 is 61.4 Å². The molecule has 0 aromatic heterocycles. The number of aliphatic hydroxyl groups excluding tert-OH is 6. The molecule has 4 amide bonds. The number of hydrogen-bond donors (Lipinski definition) is 10. The molecule has 18 heteroatoms. The highest BCUT2D eigenvalue weighted by molar-refractivity contribution is 8.16. The van der Waals surface area contributed by atoms with Crippen LogP contribution in [-0.4, -0.2) is 146 Å². The molecule has 10 N–H and O–H groups in total. The monoisotopic (exact) mass is 628 g/mol. The summed E-state index contributed by atoms with van der Waals surface area (Å²) in [7, 11) is 0. The molecule has 0 bridgehead atoms. The summed E-state index contributed by atoms with van der Waals surface area (Å²) in [4.78, 5) is 48.2. The zero-order valence-corrected chi connectivity index (χ0v) is 24.3. The number of carbonyl (C=O) groups is 4. The van der Waals surface area contributed by atoms with Gasteiger partial charge in [0.05, 0.1) is 62.2 Å². The first-order chi connectivity index (χ1) is 19.4. The molecule has 4 unspecified atom stereocenters. The maximum atomic E-state index is 12.1. The van der Waals surface area contributed by atoms with E-state index in [1.165, 1.54) is 23.5 Å². The van der Waals surface area contributed by atoms with E-state index >= 15 is 0 Å². The van der Waals surface area contributed by atoms with Crippen LogP contribution >= 0.6 is 23.5 Å². The number of thioether (sulfide) groups is 2. The molecule has 0 saturated carbocycles. The number of ether oxygens (including phenoxy) is 2. The molecular formula is C23H40N4O12S2. The molecule has 0 radical (unpaired) electrons. The van der Waals surface area contributed by atoms with Gasteiger partial charge in [0, 0.05) is 16.9 Å². The highest BCUT2D eigenvalue weighted by atomic mass is 32.2. The molecule has 2 aliphatic rings. The van der Waals surface area contributed by atoms with Crippen LogP contribution in [0.4, 0.5) is 0 Å². The van der Waals surface area contributed by atoms with E-state index in [0.717, 1.165) is 0 Å². The molecule has 41 heavy (non-hydrogen) atoms. The van der Waals surface area contributed by atoms with E-state index in [4.69, 9.17) is 9.47 Å². The highest BCUT2D eigenvalue weighted by Crippen LogP contribution is 2.25. The third-order valence-corrected chi connectivity index (χ3v) is 8.97. The van der Waals surface area contributed by atoms with E-state index in [2.05, 4.69) is 21.3 Å². The second kappa shape index (κ2) is 17.4. The van der Waals surface area contributed by atoms with Crippen molar-refractivity contribution in [3.05, 3.63) is 0 Å². The molecule has 2 heterocycles. The van der Waals surface area contributed by atoms with E-state index < -0.39 is 111 Å². The first kappa shape index (κ1) is 35.5. The molecule has 2 rings (SSSR count). The van der Waals surface area contributed by atoms with Gasteiger partial charge >= 0.3 is 0 Å². The van der Waals surface area contributed by atoms with Crippen molar-refractivity contribution in [2.24, 2.45) is 11.8 Å². The van der Waals surface area contributed by atoms with Gasteiger partial charge in [0.1, 0.15) is 12.2 Å². The normalized spacial score (nSPS) is 33.5. The Hall–Kier alpha value is -1.74. The second-order valence-corrected chi connectivity index (χ2v) is 12.1. The minimum Gasteiger partial charge on any atom is -0.394 e. The lowest BCUT2D eigenvalue weighted by Gasteiger charge is -2.41. The topological polar surface area (TPSA) is 256 Å². The van der Waals surface area contributed by atoms with Crippen molar-refractivity contribution in [1.29, 1.82) is 0 Å². The zero-order valence-electron chi connectivity index (χ0n) is 22.7. The van der Waals surface area contributed by atoms with Gasteiger partial charge in [-0.2, -0.15) is 0 Å². The Morgan fingerprint density at radius 2 is 1.00 bits per heavy atom. The fourth-order valence-electron chi connectivity index (χ4n) is 4.07. The number of carbonyl (C=O) groups excluding carboxylic acids is 4. The second-order valence-electron chi connectivity index (χ2n) is 9.74. The average molecular weight is 629 g/mol. The third kappa shape index (κ3) is 10.8. The molecule has 0 spiro atoms. The van der Waals surface area contributed by atoms with Crippen LogP contribution < -0.4 is 21.3 Å². The molecule has 16 nitrogen and oxygen atoms in total. The summed E-state index contributed by atoms with van der Waals surface area (Å²) in [5.74, 6) is -3.31. The number of nitrogens with one attached hydrogen (secondary N) is 4. The predicted molar refractivity (Wildman–Crippen MR) is 146 cm³/mol. The summed E-state index contributed by atoms with van der Waals surface area (Å²) in [6, 6.07) is 0. The summed E-state index contributed by atoms with van der Waals surface area (Å²) >= 11 is 2.38. The van der Waals surface area contributed by atoms with Gasteiger partial charge in [-0.05, 0) is 0 Å². The molecule has 236 valence electrons. The molecule has 0 aliphatic carbocycles. The number of rotatable bonds is 14. The Labute approximate surface area is 245 Å². The summed E-state index contributed by atoms with van der Waals surface area (Å²) in [5.41, 5.74) is 0. The smallest absolute Gasteiger partial charge is 0.241 e. The summed E-state index contributed by atoms with van der Waals surface area (Å²) in [5, 5.41) is 68.8. The van der Waals surface area contributed by atoms with Crippen molar-refractivity contribution in [3.63, 3.8) is 0 Å². The lowest BCUT2D eigenvalue weighted by molar-refractivity contribution is -0.213. The van der Waals surface area contributed by atoms with Crippen LogP contribution in [0.25, 0.3) is 0 Å². The van der Waals surface area contributed by atoms with Gasteiger partial charge in [-0.25, -0.2) is 0 Å². The van der Waals surface area contributed by atoms with Gasteiger partial charge in [-0.15, -0.1) is 23.5 Å². The minimum absolute atomic E-state index is 0.00130. The van der Waals surface area contributed by atoms with Gasteiger partial charge in [0.15, 0.2) is 12.5 Å². The van der Waals surface area contributed by atoms with Crippen LogP contribution in [0.5, 0.6) is 0 Å². The SMILES string of the molecule is C[C@H]1C(CO)O[C@@H](NC(=O)CNC(=O)CSCSCC(=O)NCC(=O)N[C@@H]2OC(CO)[C@H](C)[C@H](O)C2O)C(O)[C@H]1O. The van der Waals surface area contributed by atoms with Crippen molar-refractivity contribution < 1.29 is 59.3 Å². The highest BCUT2D eigenvalue weighted by Gasteiger charge is 2.43. The number of aliphatic hydroxyl groups is 6. The fourth-order valence-corrected chi connectivity index (χ4v) is 5.78. The largest absolute Gasteiger partial charge is 0.394 e. The summed E-state index contributed by atoms with van der Waals surface area (Å²) in [6.45, 7) is 1.58. The van der Waals surface area contributed by atoms with Gasteiger partial charge in [-0.3, -0.25) is 19.2 Å². The van der Waals surface area contributed by atoms with Crippen molar-refractivity contribution in [2.45, 2.75) is 62.9 Å². The maximum Gasteiger partial charge on any atom is 0.241 e.